The first-order valence-corrected chi connectivity index (χ1v) is 8.30. The summed E-state index contributed by atoms with van der Waals surface area (Å²) < 4.78 is 10.4. The van der Waals surface area contributed by atoms with Crippen LogP contribution in [0.25, 0.3) is 6.08 Å². The Bertz CT molecular complexity index is 757. The van der Waals surface area contributed by atoms with Gasteiger partial charge in [-0.25, -0.2) is 4.79 Å². The zero-order chi connectivity index (χ0) is 18.8. The number of benzene rings is 1. The molecule has 6 nitrogen and oxygen atoms in total. The molecule has 2 aromatic rings. The second kappa shape index (κ2) is 9.98. The number of nitrogens with one attached hydrogen (secondary N) is 1. The fourth-order valence-corrected chi connectivity index (χ4v) is 2.07. The molecule has 0 fully saturated rings. The first kappa shape index (κ1) is 19.2. The number of hydrogen-bond acceptors (Lipinski definition) is 5. The van der Waals surface area contributed by atoms with Gasteiger partial charge in [0.1, 0.15) is 5.75 Å². The van der Waals surface area contributed by atoms with Crippen molar-refractivity contribution in [3.8, 4) is 5.75 Å². The van der Waals surface area contributed by atoms with Crippen LogP contribution in [0.2, 0.25) is 0 Å². The Morgan fingerprint density at radius 2 is 2.08 bits per heavy atom. The third-order valence-electron chi connectivity index (χ3n) is 3.20. The van der Waals surface area contributed by atoms with Crippen molar-refractivity contribution < 1.29 is 19.1 Å². The van der Waals surface area contributed by atoms with Crippen LogP contribution in [0.1, 0.15) is 25.0 Å². The van der Waals surface area contributed by atoms with E-state index in [2.05, 4.69) is 10.3 Å². The summed E-state index contributed by atoms with van der Waals surface area (Å²) in [5, 5.41) is 2.78. The summed E-state index contributed by atoms with van der Waals surface area (Å²) in [4.78, 5) is 27.4. The summed E-state index contributed by atoms with van der Waals surface area (Å²) in [6.45, 7) is 3.82. The average Bonchev–Trinajstić information content (AvgIpc) is 2.64. The highest BCUT2D eigenvalue weighted by atomic mass is 16.6. The molecule has 1 aromatic heterocycles. The van der Waals surface area contributed by atoms with Gasteiger partial charge in [0.15, 0.2) is 6.61 Å². The van der Waals surface area contributed by atoms with Gasteiger partial charge < -0.3 is 14.8 Å². The number of hydrogen-bond donors (Lipinski definition) is 1. The number of ether oxygens (including phenoxy) is 2. The third-order valence-corrected chi connectivity index (χ3v) is 3.20. The lowest BCUT2D eigenvalue weighted by atomic mass is 10.2. The van der Waals surface area contributed by atoms with Gasteiger partial charge in [0.25, 0.3) is 0 Å². The van der Waals surface area contributed by atoms with Gasteiger partial charge in [0.05, 0.1) is 6.10 Å². The smallest absolute Gasteiger partial charge is 0.344 e. The van der Waals surface area contributed by atoms with Crippen LogP contribution in [-0.2, 0) is 20.9 Å². The molecule has 0 atom stereocenters. The van der Waals surface area contributed by atoms with Crippen molar-refractivity contribution in [2.75, 3.05) is 6.61 Å². The fourth-order valence-electron chi connectivity index (χ4n) is 2.07. The second-order valence-electron chi connectivity index (χ2n) is 5.81. The van der Waals surface area contributed by atoms with Gasteiger partial charge in [0.2, 0.25) is 5.91 Å². The number of aromatic nitrogens is 1. The number of amides is 1. The lowest BCUT2D eigenvalue weighted by molar-refractivity contribution is -0.149. The first-order valence-electron chi connectivity index (χ1n) is 8.30. The maximum atomic E-state index is 11.9. The lowest BCUT2D eigenvalue weighted by Gasteiger charge is -2.09. The predicted molar refractivity (Wildman–Crippen MR) is 98.3 cm³/mol. The Kier molecular flexibility index (Phi) is 7.36. The molecule has 0 bridgehead atoms. The molecule has 0 spiro atoms. The maximum Gasteiger partial charge on any atom is 0.344 e. The second-order valence-corrected chi connectivity index (χ2v) is 5.81. The van der Waals surface area contributed by atoms with E-state index >= 15 is 0 Å². The minimum atomic E-state index is -0.421. The van der Waals surface area contributed by atoms with E-state index in [0.29, 0.717) is 12.3 Å². The SMILES string of the molecule is CC(C)OC(=O)COc1cccc(C=CC(=O)NCc2cccnc2)c1. The highest BCUT2D eigenvalue weighted by Gasteiger charge is 2.06. The Morgan fingerprint density at radius 3 is 2.81 bits per heavy atom. The van der Waals surface area contributed by atoms with Gasteiger partial charge in [-0.1, -0.05) is 18.2 Å². The Hall–Kier alpha value is -3.15. The molecule has 1 amide bonds. The lowest BCUT2D eigenvalue weighted by Crippen LogP contribution is -2.20. The number of rotatable bonds is 8. The van der Waals surface area contributed by atoms with Crippen LogP contribution < -0.4 is 10.1 Å². The molecule has 0 radical (unpaired) electrons. The molecule has 0 aliphatic heterocycles. The van der Waals surface area contributed by atoms with E-state index in [1.54, 1.807) is 50.5 Å². The fraction of sp³-hybridized carbons (Fsp3) is 0.250. The largest absolute Gasteiger partial charge is 0.482 e. The van der Waals surface area contributed by atoms with Crippen LogP contribution in [0.3, 0.4) is 0 Å². The monoisotopic (exact) mass is 354 g/mol. The summed E-state index contributed by atoms with van der Waals surface area (Å²) in [6.07, 6.45) is 6.34. The highest BCUT2D eigenvalue weighted by Crippen LogP contribution is 2.14. The molecule has 6 heteroatoms. The summed E-state index contributed by atoms with van der Waals surface area (Å²) in [5.41, 5.74) is 1.72. The van der Waals surface area contributed by atoms with Crippen molar-refractivity contribution >= 4 is 18.0 Å². The van der Waals surface area contributed by atoms with E-state index in [4.69, 9.17) is 9.47 Å². The van der Waals surface area contributed by atoms with E-state index in [1.807, 2.05) is 18.2 Å². The predicted octanol–water partition coefficient (Wildman–Crippen LogP) is 2.74. The molecule has 0 unspecified atom stereocenters. The highest BCUT2D eigenvalue weighted by molar-refractivity contribution is 5.91. The Balaban J connectivity index is 1.84. The molecule has 1 heterocycles. The zero-order valence-corrected chi connectivity index (χ0v) is 14.8. The quantitative estimate of drug-likeness (QED) is 0.583. The Morgan fingerprint density at radius 1 is 1.23 bits per heavy atom. The van der Waals surface area contributed by atoms with Crippen LogP contribution >= 0.6 is 0 Å². The molecule has 2 rings (SSSR count). The third kappa shape index (κ3) is 7.17. The molecular formula is C20H22N2O4. The number of esters is 1. The summed E-state index contributed by atoms with van der Waals surface area (Å²) >= 11 is 0. The zero-order valence-electron chi connectivity index (χ0n) is 14.8. The Labute approximate surface area is 152 Å². The van der Waals surface area contributed by atoms with Crippen LogP contribution in [0.15, 0.2) is 54.9 Å². The number of nitrogens with zero attached hydrogens (tertiary/aromatic N) is 1. The van der Waals surface area contributed by atoms with E-state index in [1.165, 1.54) is 6.08 Å². The van der Waals surface area contributed by atoms with Gasteiger partial charge in [-0.2, -0.15) is 0 Å². The standard InChI is InChI=1S/C20H22N2O4/c1-15(2)26-20(24)14-25-18-7-3-5-16(11-18)8-9-19(23)22-13-17-6-4-10-21-12-17/h3-12,15H,13-14H2,1-2H3,(H,22,23). The van der Waals surface area contributed by atoms with Gasteiger partial charge in [0, 0.05) is 25.0 Å². The molecule has 26 heavy (non-hydrogen) atoms. The van der Waals surface area contributed by atoms with Crippen LogP contribution in [-0.4, -0.2) is 29.6 Å². The van der Waals surface area contributed by atoms with E-state index in [-0.39, 0.29) is 18.6 Å². The average molecular weight is 354 g/mol. The molecule has 136 valence electrons. The van der Waals surface area contributed by atoms with Crippen molar-refractivity contribution in [1.29, 1.82) is 0 Å². The minimum Gasteiger partial charge on any atom is -0.482 e. The van der Waals surface area contributed by atoms with Gasteiger partial charge in [-0.05, 0) is 49.2 Å². The topological polar surface area (TPSA) is 77.5 Å². The van der Waals surface area contributed by atoms with Crippen LogP contribution in [0, 0.1) is 0 Å². The van der Waals surface area contributed by atoms with Gasteiger partial charge in [-0.15, -0.1) is 0 Å². The van der Waals surface area contributed by atoms with Crippen molar-refractivity contribution in [3.63, 3.8) is 0 Å². The molecule has 0 saturated heterocycles. The van der Waals surface area contributed by atoms with Gasteiger partial charge >= 0.3 is 5.97 Å². The van der Waals surface area contributed by atoms with Gasteiger partial charge in [-0.3, -0.25) is 9.78 Å². The van der Waals surface area contributed by atoms with Crippen molar-refractivity contribution in [1.82, 2.24) is 10.3 Å². The van der Waals surface area contributed by atoms with Crippen LogP contribution in [0.4, 0.5) is 0 Å². The van der Waals surface area contributed by atoms with E-state index in [9.17, 15) is 9.59 Å². The summed E-state index contributed by atoms with van der Waals surface area (Å²) in [6, 6.07) is 10.8. The maximum absolute atomic E-state index is 11.9. The number of pyridine rings is 1. The molecule has 0 saturated carbocycles. The first-order chi connectivity index (χ1) is 12.5. The van der Waals surface area contributed by atoms with E-state index < -0.39 is 5.97 Å². The molecular weight excluding hydrogens is 332 g/mol. The normalized spacial score (nSPS) is 10.7. The van der Waals surface area contributed by atoms with Crippen molar-refractivity contribution in [2.24, 2.45) is 0 Å². The number of carbonyl (C=O) groups excluding carboxylic acids is 2. The van der Waals surface area contributed by atoms with E-state index in [0.717, 1.165) is 11.1 Å². The van der Waals surface area contributed by atoms with Crippen molar-refractivity contribution in [2.45, 2.75) is 26.5 Å². The molecule has 1 N–H and O–H groups in total. The minimum absolute atomic E-state index is 0.156. The summed E-state index contributed by atoms with van der Waals surface area (Å²) in [5.74, 6) is -0.0972. The molecule has 0 aliphatic carbocycles. The number of carbonyl (C=O) groups is 2. The van der Waals surface area contributed by atoms with Crippen molar-refractivity contribution in [3.05, 3.63) is 66.0 Å². The molecule has 0 aliphatic rings. The van der Waals surface area contributed by atoms with Crippen LogP contribution in [0.5, 0.6) is 5.75 Å². The molecule has 1 aromatic carbocycles. The summed E-state index contributed by atoms with van der Waals surface area (Å²) in [7, 11) is 0.